The zero-order valence-electron chi connectivity index (χ0n) is 9.84. The fourth-order valence-electron chi connectivity index (χ4n) is 1.06. The zero-order valence-corrected chi connectivity index (χ0v) is 10.8. The molecule has 0 aliphatic heterocycles. The molecule has 0 bridgehead atoms. The predicted octanol–water partition coefficient (Wildman–Crippen LogP) is 2.10. The number of nitro groups is 1. The first-order valence-corrected chi connectivity index (χ1v) is 8.83. The second kappa shape index (κ2) is 5.22. The summed E-state index contributed by atoms with van der Waals surface area (Å²) in [7, 11) is -1.07. The van der Waals surface area contributed by atoms with E-state index in [0.717, 1.165) is 6.04 Å². The quantitative estimate of drug-likeness (QED) is 0.332. The lowest BCUT2D eigenvalue weighted by molar-refractivity contribution is -0.389. The van der Waals surface area contributed by atoms with Crippen LogP contribution in [0.3, 0.4) is 0 Å². The molecule has 1 rings (SSSR count). The molecule has 1 aromatic rings. The van der Waals surface area contributed by atoms with E-state index in [0.29, 0.717) is 13.3 Å². The van der Waals surface area contributed by atoms with Crippen LogP contribution in [-0.2, 0) is 11.5 Å². The van der Waals surface area contributed by atoms with E-state index in [1.54, 1.807) is 4.57 Å². The molecular formula is C9H17N3O3Si. The number of nitrogens with zero attached hydrogens (tertiary/aromatic N) is 3. The molecule has 0 saturated carbocycles. The highest BCUT2D eigenvalue weighted by Gasteiger charge is 2.13. The molecule has 7 heteroatoms. The molecule has 0 aliphatic carbocycles. The topological polar surface area (TPSA) is 70.2 Å². The van der Waals surface area contributed by atoms with Crippen molar-refractivity contribution >= 4 is 13.9 Å². The molecule has 0 aliphatic rings. The molecule has 1 aromatic heterocycles. The number of hydrogen-bond donors (Lipinski definition) is 0. The van der Waals surface area contributed by atoms with Crippen molar-refractivity contribution in [2.24, 2.45) is 0 Å². The maximum Gasteiger partial charge on any atom is 0.381 e. The van der Waals surface area contributed by atoms with Crippen molar-refractivity contribution < 1.29 is 9.66 Å². The first kappa shape index (κ1) is 12.9. The van der Waals surface area contributed by atoms with Crippen LogP contribution in [0.1, 0.15) is 0 Å². The molecule has 6 nitrogen and oxygen atoms in total. The maximum absolute atomic E-state index is 10.4. The Morgan fingerprint density at radius 1 is 1.56 bits per heavy atom. The van der Waals surface area contributed by atoms with Gasteiger partial charge in [0.2, 0.25) is 6.33 Å². The average molecular weight is 243 g/mol. The zero-order chi connectivity index (χ0) is 12.2. The summed E-state index contributed by atoms with van der Waals surface area (Å²) in [5.74, 6) is -0.145. The highest BCUT2D eigenvalue weighted by molar-refractivity contribution is 6.76. The molecule has 16 heavy (non-hydrogen) atoms. The van der Waals surface area contributed by atoms with E-state index in [4.69, 9.17) is 4.74 Å². The average Bonchev–Trinajstić information content (AvgIpc) is 2.59. The van der Waals surface area contributed by atoms with Gasteiger partial charge in [-0.05, 0) is 16.0 Å². The minimum absolute atomic E-state index is 0.145. The minimum Gasteiger partial charge on any atom is -0.361 e. The Morgan fingerprint density at radius 3 is 2.75 bits per heavy atom. The van der Waals surface area contributed by atoms with Gasteiger partial charge < -0.3 is 14.9 Å². The summed E-state index contributed by atoms with van der Waals surface area (Å²) in [5, 5.41) is 10.4. The van der Waals surface area contributed by atoms with Gasteiger partial charge in [-0.1, -0.05) is 19.6 Å². The van der Waals surface area contributed by atoms with Gasteiger partial charge in [0.25, 0.3) is 0 Å². The largest absolute Gasteiger partial charge is 0.381 e. The predicted molar refractivity (Wildman–Crippen MR) is 63.0 cm³/mol. The smallest absolute Gasteiger partial charge is 0.361 e. The van der Waals surface area contributed by atoms with Gasteiger partial charge in [-0.2, -0.15) is 0 Å². The summed E-state index contributed by atoms with van der Waals surface area (Å²) < 4.78 is 7.00. The molecule has 0 atom stereocenters. The van der Waals surface area contributed by atoms with Gasteiger partial charge in [-0.3, -0.25) is 4.57 Å². The molecule has 0 amide bonds. The third-order valence-electron chi connectivity index (χ3n) is 2.04. The Balaban J connectivity index is 2.30. The number of ether oxygens (including phenoxy) is 1. The molecule has 0 radical (unpaired) electrons. The lowest BCUT2D eigenvalue weighted by atomic mass is 10.8. The molecule has 0 N–H and O–H groups in total. The highest BCUT2D eigenvalue weighted by atomic mass is 28.3. The Hall–Kier alpha value is -1.21. The van der Waals surface area contributed by atoms with Crippen LogP contribution in [0.5, 0.6) is 0 Å². The summed E-state index contributed by atoms with van der Waals surface area (Å²) in [6.07, 6.45) is 2.78. The van der Waals surface area contributed by atoms with E-state index in [-0.39, 0.29) is 5.82 Å². The van der Waals surface area contributed by atoms with Crippen LogP contribution in [0, 0.1) is 10.1 Å². The Labute approximate surface area is 95.4 Å². The van der Waals surface area contributed by atoms with Crippen LogP contribution in [0.25, 0.3) is 0 Å². The van der Waals surface area contributed by atoms with Crippen LogP contribution in [0.2, 0.25) is 25.7 Å². The fraction of sp³-hybridized carbons (Fsp3) is 0.667. The number of rotatable bonds is 6. The SMILES string of the molecule is C[Si](C)(C)CCOCn1cnc([N+](=O)[O-])c1. The lowest BCUT2D eigenvalue weighted by Gasteiger charge is -2.15. The third-order valence-corrected chi connectivity index (χ3v) is 3.75. The monoisotopic (exact) mass is 243 g/mol. The molecular weight excluding hydrogens is 226 g/mol. The van der Waals surface area contributed by atoms with Crippen molar-refractivity contribution in [2.75, 3.05) is 6.61 Å². The third kappa shape index (κ3) is 4.54. The highest BCUT2D eigenvalue weighted by Crippen LogP contribution is 2.09. The normalized spacial score (nSPS) is 11.7. The van der Waals surface area contributed by atoms with E-state index in [1.807, 2.05) is 0 Å². The van der Waals surface area contributed by atoms with Crippen molar-refractivity contribution in [3.8, 4) is 0 Å². The summed E-state index contributed by atoms with van der Waals surface area (Å²) in [6, 6.07) is 1.09. The number of hydrogen-bond acceptors (Lipinski definition) is 4. The van der Waals surface area contributed by atoms with Gasteiger partial charge >= 0.3 is 5.82 Å². The van der Waals surface area contributed by atoms with Gasteiger partial charge in [0.1, 0.15) is 12.9 Å². The summed E-state index contributed by atoms with van der Waals surface area (Å²) in [5.41, 5.74) is 0. The van der Waals surface area contributed by atoms with E-state index in [2.05, 4.69) is 24.6 Å². The molecule has 1 heterocycles. The summed E-state index contributed by atoms with van der Waals surface area (Å²) in [4.78, 5) is 13.5. The summed E-state index contributed by atoms with van der Waals surface area (Å²) >= 11 is 0. The van der Waals surface area contributed by atoms with Crippen LogP contribution < -0.4 is 0 Å². The molecule has 0 saturated heterocycles. The van der Waals surface area contributed by atoms with Gasteiger partial charge in [0.15, 0.2) is 0 Å². The molecule has 0 unspecified atom stereocenters. The Morgan fingerprint density at radius 2 is 2.25 bits per heavy atom. The number of imidazole rings is 1. The van der Waals surface area contributed by atoms with Gasteiger partial charge in [0, 0.05) is 14.7 Å². The Kier molecular flexibility index (Phi) is 4.19. The molecule has 90 valence electrons. The summed E-state index contributed by atoms with van der Waals surface area (Å²) in [6.45, 7) is 7.85. The van der Waals surface area contributed by atoms with Crippen LogP contribution in [0.15, 0.2) is 12.5 Å². The van der Waals surface area contributed by atoms with Crippen molar-refractivity contribution in [1.29, 1.82) is 0 Å². The lowest BCUT2D eigenvalue weighted by Crippen LogP contribution is -2.21. The Bertz CT molecular complexity index is 359. The van der Waals surface area contributed by atoms with Gasteiger partial charge in [0.05, 0.1) is 0 Å². The molecule has 0 aromatic carbocycles. The van der Waals surface area contributed by atoms with Crippen LogP contribution in [0.4, 0.5) is 5.82 Å². The molecule has 0 fully saturated rings. The van der Waals surface area contributed by atoms with Crippen molar-refractivity contribution in [3.63, 3.8) is 0 Å². The second-order valence-electron chi connectivity index (χ2n) is 4.85. The van der Waals surface area contributed by atoms with E-state index < -0.39 is 13.0 Å². The van der Waals surface area contributed by atoms with E-state index in [9.17, 15) is 10.1 Å². The standard InChI is InChI=1S/C9H17N3O3Si/c1-16(2,3)5-4-15-8-11-6-9(10-7-11)12(13)14/h6-7H,4-5,8H2,1-3H3. The van der Waals surface area contributed by atoms with Gasteiger partial charge in [-0.15, -0.1) is 0 Å². The van der Waals surface area contributed by atoms with Crippen molar-refractivity contribution in [2.45, 2.75) is 32.4 Å². The van der Waals surface area contributed by atoms with Gasteiger partial charge in [-0.25, -0.2) is 0 Å². The van der Waals surface area contributed by atoms with Crippen LogP contribution >= 0.6 is 0 Å². The first-order chi connectivity index (χ1) is 7.38. The van der Waals surface area contributed by atoms with E-state index >= 15 is 0 Å². The van der Waals surface area contributed by atoms with Crippen molar-refractivity contribution in [1.82, 2.24) is 9.55 Å². The maximum atomic E-state index is 10.4. The fourth-order valence-corrected chi connectivity index (χ4v) is 1.82. The molecule has 0 spiro atoms. The number of aromatic nitrogens is 2. The van der Waals surface area contributed by atoms with Crippen LogP contribution in [-0.4, -0.2) is 29.2 Å². The van der Waals surface area contributed by atoms with Crippen molar-refractivity contribution in [3.05, 3.63) is 22.6 Å². The second-order valence-corrected chi connectivity index (χ2v) is 10.5. The minimum atomic E-state index is -1.07. The van der Waals surface area contributed by atoms with E-state index in [1.165, 1.54) is 12.5 Å². The first-order valence-electron chi connectivity index (χ1n) is 5.12.